The molecular formula is C28H25FN6O. The zero-order chi connectivity index (χ0) is 24.9. The van der Waals surface area contributed by atoms with E-state index in [4.69, 9.17) is 5.10 Å². The molecule has 0 unspecified atom stereocenters. The lowest BCUT2D eigenvalue weighted by Crippen LogP contribution is -2.28. The molecule has 3 aromatic heterocycles. The number of benzene rings is 2. The maximum atomic E-state index is 13.5. The van der Waals surface area contributed by atoms with E-state index in [0.29, 0.717) is 29.9 Å². The fourth-order valence-electron chi connectivity index (χ4n) is 4.06. The van der Waals surface area contributed by atoms with Crippen LogP contribution in [0, 0.1) is 5.82 Å². The van der Waals surface area contributed by atoms with Crippen LogP contribution in [0.3, 0.4) is 0 Å². The van der Waals surface area contributed by atoms with Gasteiger partial charge >= 0.3 is 0 Å². The molecule has 8 heteroatoms. The third kappa shape index (κ3) is 5.07. The van der Waals surface area contributed by atoms with Crippen LogP contribution < -0.4 is 0 Å². The van der Waals surface area contributed by atoms with Gasteiger partial charge in [-0.05, 0) is 55.3 Å². The number of aryl methyl sites for hydroxylation is 1. The van der Waals surface area contributed by atoms with Crippen LogP contribution in [-0.2, 0) is 6.42 Å². The largest absolute Gasteiger partial charge is 0.342 e. The van der Waals surface area contributed by atoms with Crippen LogP contribution in [0.2, 0.25) is 0 Å². The van der Waals surface area contributed by atoms with Crippen molar-refractivity contribution in [2.75, 3.05) is 13.6 Å². The lowest BCUT2D eigenvalue weighted by molar-refractivity contribution is 0.0794. The maximum Gasteiger partial charge on any atom is 0.257 e. The highest BCUT2D eigenvalue weighted by atomic mass is 19.1. The highest BCUT2D eigenvalue weighted by Gasteiger charge is 2.21. The van der Waals surface area contributed by atoms with Gasteiger partial charge in [-0.15, -0.1) is 0 Å². The van der Waals surface area contributed by atoms with Gasteiger partial charge in [-0.3, -0.25) is 14.9 Å². The van der Waals surface area contributed by atoms with Crippen molar-refractivity contribution in [3.63, 3.8) is 0 Å². The van der Waals surface area contributed by atoms with E-state index < -0.39 is 0 Å². The Morgan fingerprint density at radius 1 is 1.03 bits per heavy atom. The Balaban J connectivity index is 1.29. The molecule has 0 saturated heterocycles. The molecule has 0 saturated carbocycles. The van der Waals surface area contributed by atoms with E-state index in [1.54, 1.807) is 41.3 Å². The molecular weight excluding hydrogens is 455 g/mol. The van der Waals surface area contributed by atoms with Gasteiger partial charge in [-0.2, -0.15) is 10.2 Å². The number of aromatic nitrogens is 5. The number of pyridine rings is 1. The number of nitrogens with one attached hydrogen (secondary N) is 1. The smallest absolute Gasteiger partial charge is 0.257 e. The Labute approximate surface area is 208 Å². The maximum absolute atomic E-state index is 13.5. The van der Waals surface area contributed by atoms with Crippen molar-refractivity contribution in [1.82, 2.24) is 29.9 Å². The average molecular weight is 481 g/mol. The van der Waals surface area contributed by atoms with E-state index >= 15 is 0 Å². The van der Waals surface area contributed by atoms with E-state index in [9.17, 15) is 9.18 Å². The topological polar surface area (TPSA) is 79.7 Å². The van der Waals surface area contributed by atoms with Crippen LogP contribution in [0.1, 0.15) is 22.5 Å². The minimum absolute atomic E-state index is 0.110. The van der Waals surface area contributed by atoms with Crippen LogP contribution in [0.5, 0.6) is 0 Å². The van der Waals surface area contributed by atoms with E-state index in [1.807, 2.05) is 54.6 Å². The highest BCUT2D eigenvalue weighted by Crippen LogP contribution is 2.24. The molecule has 36 heavy (non-hydrogen) atoms. The standard InChI is InChI=1S/C28H25FN6O/c1-34(15-7-11-23-17-26(32-31-23)20-8-5-10-22(29)16-20)28(36)25-19-35(24-12-3-2-4-13-24)33-27(25)21-9-6-14-30-18-21/h2-6,8-10,12-14,16-19H,7,11,15H2,1H3,(H,31,32). The Hall–Kier alpha value is -4.59. The zero-order valence-electron chi connectivity index (χ0n) is 19.8. The number of nitrogens with zero attached hydrogens (tertiary/aromatic N) is 5. The quantitative estimate of drug-likeness (QED) is 0.332. The molecule has 0 aliphatic heterocycles. The van der Waals surface area contributed by atoms with Crippen molar-refractivity contribution < 1.29 is 9.18 Å². The van der Waals surface area contributed by atoms with Crippen molar-refractivity contribution in [3.05, 3.63) is 108 Å². The number of hydrogen-bond donors (Lipinski definition) is 1. The minimum Gasteiger partial charge on any atom is -0.342 e. The summed E-state index contributed by atoms with van der Waals surface area (Å²) in [6.45, 7) is 0.552. The van der Waals surface area contributed by atoms with Gasteiger partial charge in [0.1, 0.15) is 11.5 Å². The second-order valence-electron chi connectivity index (χ2n) is 8.53. The van der Waals surface area contributed by atoms with Gasteiger partial charge in [0.15, 0.2) is 0 Å². The average Bonchev–Trinajstić information content (AvgIpc) is 3.57. The van der Waals surface area contributed by atoms with Gasteiger partial charge < -0.3 is 4.90 Å². The molecule has 7 nitrogen and oxygen atoms in total. The molecule has 0 radical (unpaired) electrons. The monoisotopic (exact) mass is 480 g/mol. The van der Waals surface area contributed by atoms with E-state index in [0.717, 1.165) is 28.9 Å². The van der Waals surface area contributed by atoms with E-state index in [1.165, 1.54) is 12.1 Å². The van der Waals surface area contributed by atoms with Crippen LogP contribution in [0.25, 0.3) is 28.2 Å². The molecule has 1 N–H and O–H groups in total. The molecule has 0 bridgehead atoms. The van der Waals surface area contributed by atoms with E-state index in [-0.39, 0.29) is 11.7 Å². The SMILES string of the molecule is CN(CCCc1cc(-c2cccc(F)c2)n[nH]1)C(=O)c1cn(-c2ccccc2)nc1-c1cccnc1. The summed E-state index contributed by atoms with van der Waals surface area (Å²) in [5.74, 6) is -0.403. The predicted octanol–water partition coefficient (Wildman–Crippen LogP) is 5.17. The first-order valence-corrected chi connectivity index (χ1v) is 11.7. The Morgan fingerprint density at radius 3 is 2.64 bits per heavy atom. The number of carbonyl (C=O) groups excluding carboxylic acids is 1. The number of amides is 1. The number of halogens is 1. The van der Waals surface area contributed by atoms with Gasteiger partial charge in [-0.25, -0.2) is 9.07 Å². The number of aromatic amines is 1. The molecule has 1 amide bonds. The fraction of sp³-hybridized carbons (Fsp3) is 0.143. The first kappa shape index (κ1) is 23.2. The van der Waals surface area contributed by atoms with Crippen LogP contribution in [0.4, 0.5) is 4.39 Å². The Bertz CT molecular complexity index is 1460. The first-order chi connectivity index (χ1) is 17.6. The van der Waals surface area contributed by atoms with Gasteiger partial charge in [0.25, 0.3) is 5.91 Å². The Kier molecular flexibility index (Phi) is 6.66. The fourth-order valence-corrected chi connectivity index (χ4v) is 4.06. The zero-order valence-corrected chi connectivity index (χ0v) is 19.8. The normalized spacial score (nSPS) is 10.9. The number of hydrogen-bond acceptors (Lipinski definition) is 4. The molecule has 0 aliphatic rings. The lowest BCUT2D eigenvalue weighted by Gasteiger charge is -2.16. The number of H-pyrrole nitrogens is 1. The summed E-state index contributed by atoms with van der Waals surface area (Å²) in [4.78, 5) is 19.3. The molecule has 5 rings (SSSR count). The summed E-state index contributed by atoms with van der Waals surface area (Å²) < 4.78 is 15.2. The second-order valence-corrected chi connectivity index (χ2v) is 8.53. The molecule has 2 aromatic carbocycles. The van der Waals surface area contributed by atoms with Gasteiger partial charge in [-0.1, -0.05) is 30.3 Å². The minimum atomic E-state index is -0.293. The number of rotatable bonds is 8. The predicted molar refractivity (Wildman–Crippen MR) is 136 cm³/mol. The summed E-state index contributed by atoms with van der Waals surface area (Å²) in [7, 11) is 1.79. The highest BCUT2D eigenvalue weighted by molar-refractivity contribution is 5.99. The molecule has 5 aromatic rings. The van der Waals surface area contributed by atoms with Crippen molar-refractivity contribution in [3.8, 4) is 28.2 Å². The van der Waals surface area contributed by atoms with Crippen molar-refractivity contribution in [1.29, 1.82) is 0 Å². The first-order valence-electron chi connectivity index (χ1n) is 11.7. The van der Waals surface area contributed by atoms with Gasteiger partial charge in [0, 0.05) is 49.0 Å². The van der Waals surface area contributed by atoms with Crippen molar-refractivity contribution in [2.24, 2.45) is 0 Å². The second kappa shape index (κ2) is 10.4. The lowest BCUT2D eigenvalue weighted by atomic mass is 10.1. The number of para-hydroxylation sites is 1. The van der Waals surface area contributed by atoms with Crippen molar-refractivity contribution >= 4 is 5.91 Å². The Morgan fingerprint density at radius 2 is 1.86 bits per heavy atom. The summed E-state index contributed by atoms with van der Waals surface area (Å²) in [5.41, 5.74) is 5.12. The molecule has 0 spiro atoms. The van der Waals surface area contributed by atoms with Gasteiger partial charge in [0.2, 0.25) is 0 Å². The van der Waals surface area contributed by atoms with Gasteiger partial charge in [0.05, 0.1) is 16.9 Å². The molecule has 0 aliphatic carbocycles. The summed E-state index contributed by atoms with van der Waals surface area (Å²) in [5, 5.41) is 12.0. The van der Waals surface area contributed by atoms with E-state index in [2.05, 4.69) is 15.2 Å². The van der Waals surface area contributed by atoms with Crippen LogP contribution in [-0.4, -0.2) is 49.4 Å². The number of carbonyl (C=O) groups is 1. The van der Waals surface area contributed by atoms with Crippen molar-refractivity contribution in [2.45, 2.75) is 12.8 Å². The van der Waals surface area contributed by atoms with Crippen LogP contribution in [0.15, 0.2) is 91.4 Å². The molecule has 0 fully saturated rings. The third-order valence-electron chi connectivity index (χ3n) is 5.94. The molecule has 0 atom stereocenters. The summed E-state index contributed by atoms with van der Waals surface area (Å²) in [6, 6.07) is 21.7. The summed E-state index contributed by atoms with van der Waals surface area (Å²) >= 11 is 0. The van der Waals surface area contributed by atoms with Crippen LogP contribution >= 0.6 is 0 Å². The molecule has 3 heterocycles. The third-order valence-corrected chi connectivity index (χ3v) is 5.94. The summed E-state index contributed by atoms with van der Waals surface area (Å²) in [6.07, 6.45) is 6.63. The molecule has 180 valence electrons.